The molecule has 5 nitrogen and oxygen atoms in total. The quantitative estimate of drug-likeness (QED) is 0.656. The second-order valence-corrected chi connectivity index (χ2v) is 4.23. The Labute approximate surface area is 111 Å². The second-order valence-electron chi connectivity index (χ2n) is 4.23. The first-order valence-electron chi connectivity index (χ1n) is 6.30. The van der Waals surface area contributed by atoms with E-state index in [1.807, 2.05) is 19.9 Å². The van der Waals surface area contributed by atoms with E-state index in [0.717, 1.165) is 16.5 Å². The number of H-pyrrole nitrogens is 1. The van der Waals surface area contributed by atoms with Crippen LogP contribution in [-0.4, -0.2) is 24.2 Å². The first kappa shape index (κ1) is 13.3. The van der Waals surface area contributed by atoms with E-state index in [1.165, 1.54) is 0 Å². The number of aromatic nitrogens is 1. The van der Waals surface area contributed by atoms with Crippen LogP contribution in [0.1, 0.15) is 29.9 Å². The summed E-state index contributed by atoms with van der Waals surface area (Å²) in [6.07, 6.45) is 0. The number of hydrogen-bond acceptors (Lipinski definition) is 4. The van der Waals surface area contributed by atoms with E-state index in [1.54, 1.807) is 13.0 Å². The maximum atomic E-state index is 11.7. The summed E-state index contributed by atoms with van der Waals surface area (Å²) in [4.78, 5) is 14.7. The zero-order chi connectivity index (χ0) is 14.0. The second kappa shape index (κ2) is 5.22. The molecule has 2 rings (SSSR count). The molecule has 0 saturated carbocycles. The monoisotopic (exact) mass is 262 g/mol. The summed E-state index contributed by atoms with van der Waals surface area (Å²) < 4.78 is 10.5. The lowest BCUT2D eigenvalue weighted by atomic mass is 10.1. The van der Waals surface area contributed by atoms with Crippen molar-refractivity contribution < 1.29 is 14.3 Å². The summed E-state index contributed by atoms with van der Waals surface area (Å²) in [7, 11) is 0. The molecule has 0 saturated heterocycles. The molecular weight excluding hydrogens is 244 g/mol. The predicted molar refractivity (Wildman–Crippen MR) is 74.6 cm³/mol. The maximum absolute atomic E-state index is 11.7. The number of nitrogens with two attached hydrogens (primary N) is 1. The molecule has 0 aliphatic heterocycles. The standard InChI is InChI=1S/C14H18N2O3/c1-4-18-13-8(3)6-10-9(12(13)15)7-11(16-10)14(17)19-5-2/h6-7,16H,4-5,15H2,1-3H3. The molecule has 102 valence electrons. The van der Waals surface area contributed by atoms with Gasteiger partial charge in [0.25, 0.3) is 0 Å². The minimum atomic E-state index is -0.381. The van der Waals surface area contributed by atoms with Crippen LogP contribution in [0.15, 0.2) is 12.1 Å². The number of hydrogen-bond donors (Lipinski definition) is 2. The van der Waals surface area contributed by atoms with E-state index in [4.69, 9.17) is 15.2 Å². The van der Waals surface area contributed by atoms with Gasteiger partial charge >= 0.3 is 5.97 Å². The van der Waals surface area contributed by atoms with E-state index in [0.29, 0.717) is 30.3 Å². The van der Waals surface area contributed by atoms with Crippen molar-refractivity contribution in [1.29, 1.82) is 0 Å². The average Bonchev–Trinajstić information content (AvgIpc) is 2.79. The molecule has 2 aromatic rings. The van der Waals surface area contributed by atoms with E-state index >= 15 is 0 Å². The van der Waals surface area contributed by atoms with Gasteiger partial charge in [-0.25, -0.2) is 4.79 Å². The van der Waals surface area contributed by atoms with Gasteiger partial charge in [0.15, 0.2) is 0 Å². The number of fused-ring (bicyclic) bond motifs is 1. The number of rotatable bonds is 4. The van der Waals surface area contributed by atoms with Gasteiger partial charge in [-0.1, -0.05) is 0 Å². The summed E-state index contributed by atoms with van der Waals surface area (Å²) in [5.41, 5.74) is 8.78. The van der Waals surface area contributed by atoms with Gasteiger partial charge in [0.2, 0.25) is 0 Å². The normalized spacial score (nSPS) is 10.7. The van der Waals surface area contributed by atoms with Crippen LogP contribution in [0.5, 0.6) is 5.75 Å². The number of anilines is 1. The minimum absolute atomic E-state index is 0.340. The molecule has 0 fully saturated rings. The smallest absolute Gasteiger partial charge is 0.354 e. The summed E-state index contributed by atoms with van der Waals surface area (Å²) in [5.74, 6) is 0.290. The largest absolute Gasteiger partial charge is 0.491 e. The van der Waals surface area contributed by atoms with E-state index < -0.39 is 0 Å². The van der Waals surface area contributed by atoms with Crippen molar-refractivity contribution in [3.8, 4) is 5.75 Å². The molecular formula is C14H18N2O3. The van der Waals surface area contributed by atoms with Crippen LogP contribution in [-0.2, 0) is 4.74 Å². The third kappa shape index (κ3) is 2.36. The Morgan fingerprint density at radius 1 is 1.32 bits per heavy atom. The topological polar surface area (TPSA) is 77.3 Å². The molecule has 0 aliphatic rings. The van der Waals surface area contributed by atoms with Gasteiger partial charge in [-0.3, -0.25) is 0 Å². The SMILES string of the molecule is CCOC(=O)c1cc2c(N)c(OCC)c(C)cc2[nH]1. The zero-order valence-corrected chi connectivity index (χ0v) is 11.4. The Hall–Kier alpha value is -2.17. The van der Waals surface area contributed by atoms with Gasteiger partial charge in [0, 0.05) is 10.9 Å². The summed E-state index contributed by atoms with van der Waals surface area (Å²) in [6, 6.07) is 3.62. The van der Waals surface area contributed by atoms with Crippen molar-refractivity contribution >= 4 is 22.6 Å². The van der Waals surface area contributed by atoms with E-state index in [-0.39, 0.29) is 5.97 Å². The first-order valence-corrected chi connectivity index (χ1v) is 6.30. The van der Waals surface area contributed by atoms with Crippen LogP contribution in [0.3, 0.4) is 0 Å². The number of benzene rings is 1. The van der Waals surface area contributed by atoms with Gasteiger partial charge in [0.1, 0.15) is 11.4 Å². The molecule has 1 aromatic carbocycles. The highest BCUT2D eigenvalue weighted by Gasteiger charge is 2.15. The van der Waals surface area contributed by atoms with Crippen LogP contribution in [0.2, 0.25) is 0 Å². The number of nitrogens with one attached hydrogen (secondary N) is 1. The molecule has 0 bridgehead atoms. The third-order valence-corrected chi connectivity index (χ3v) is 2.89. The highest BCUT2D eigenvalue weighted by Crippen LogP contribution is 2.34. The zero-order valence-electron chi connectivity index (χ0n) is 11.4. The number of esters is 1. The molecule has 5 heteroatoms. The molecule has 0 atom stereocenters. The Balaban J connectivity index is 2.53. The number of carbonyl (C=O) groups excluding carboxylic acids is 1. The van der Waals surface area contributed by atoms with E-state index in [2.05, 4.69) is 4.98 Å². The Bertz CT molecular complexity index is 617. The van der Waals surface area contributed by atoms with Crippen molar-refractivity contribution in [1.82, 2.24) is 4.98 Å². The fourth-order valence-electron chi connectivity index (χ4n) is 2.08. The number of nitrogen functional groups attached to an aromatic ring is 1. The highest BCUT2D eigenvalue weighted by molar-refractivity contribution is 6.01. The molecule has 0 unspecified atom stereocenters. The number of aryl methyl sites for hydroxylation is 1. The summed E-state index contributed by atoms with van der Waals surface area (Å²) >= 11 is 0. The molecule has 0 amide bonds. The fraction of sp³-hybridized carbons (Fsp3) is 0.357. The lowest BCUT2D eigenvalue weighted by Gasteiger charge is -2.10. The fourth-order valence-corrected chi connectivity index (χ4v) is 2.08. The van der Waals surface area contributed by atoms with Crippen LogP contribution < -0.4 is 10.5 Å². The van der Waals surface area contributed by atoms with Crippen LogP contribution in [0.25, 0.3) is 10.9 Å². The Kier molecular flexibility index (Phi) is 3.64. The summed E-state index contributed by atoms with van der Waals surface area (Å²) in [5, 5.41) is 0.775. The van der Waals surface area contributed by atoms with Crippen LogP contribution in [0.4, 0.5) is 5.69 Å². The van der Waals surface area contributed by atoms with Gasteiger partial charge in [-0.2, -0.15) is 0 Å². The Morgan fingerprint density at radius 3 is 2.68 bits per heavy atom. The van der Waals surface area contributed by atoms with Gasteiger partial charge in [0.05, 0.1) is 18.9 Å². The third-order valence-electron chi connectivity index (χ3n) is 2.89. The summed E-state index contributed by atoms with van der Waals surface area (Å²) in [6.45, 7) is 6.49. The number of carbonyl (C=O) groups is 1. The highest BCUT2D eigenvalue weighted by atomic mass is 16.5. The first-order chi connectivity index (χ1) is 9.08. The minimum Gasteiger partial charge on any atom is -0.491 e. The van der Waals surface area contributed by atoms with Crippen LogP contribution >= 0.6 is 0 Å². The molecule has 0 aliphatic carbocycles. The molecule has 1 heterocycles. The van der Waals surface area contributed by atoms with Gasteiger partial charge < -0.3 is 20.2 Å². The van der Waals surface area contributed by atoms with Crippen molar-refractivity contribution in [3.05, 3.63) is 23.4 Å². The predicted octanol–water partition coefficient (Wildman–Crippen LogP) is 2.63. The molecule has 19 heavy (non-hydrogen) atoms. The van der Waals surface area contributed by atoms with Crippen molar-refractivity contribution in [2.45, 2.75) is 20.8 Å². The molecule has 0 radical (unpaired) electrons. The molecule has 1 aromatic heterocycles. The number of aromatic amines is 1. The lowest BCUT2D eigenvalue weighted by Crippen LogP contribution is -2.04. The van der Waals surface area contributed by atoms with Crippen molar-refractivity contribution in [2.24, 2.45) is 0 Å². The van der Waals surface area contributed by atoms with Gasteiger partial charge in [-0.05, 0) is 38.5 Å². The molecule has 3 N–H and O–H groups in total. The van der Waals surface area contributed by atoms with Gasteiger partial charge in [-0.15, -0.1) is 0 Å². The van der Waals surface area contributed by atoms with Crippen molar-refractivity contribution in [2.75, 3.05) is 18.9 Å². The Morgan fingerprint density at radius 2 is 2.05 bits per heavy atom. The molecule has 0 spiro atoms. The van der Waals surface area contributed by atoms with Crippen molar-refractivity contribution in [3.63, 3.8) is 0 Å². The lowest BCUT2D eigenvalue weighted by molar-refractivity contribution is 0.0520. The van der Waals surface area contributed by atoms with Crippen LogP contribution in [0, 0.1) is 6.92 Å². The number of ether oxygens (including phenoxy) is 2. The maximum Gasteiger partial charge on any atom is 0.354 e. The van der Waals surface area contributed by atoms with E-state index in [9.17, 15) is 4.79 Å². The average molecular weight is 262 g/mol.